The van der Waals surface area contributed by atoms with Crippen molar-refractivity contribution in [1.29, 1.82) is 0 Å². The van der Waals surface area contributed by atoms with E-state index >= 15 is 4.39 Å². The van der Waals surface area contributed by atoms with Gasteiger partial charge >= 0.3 is 0 Å². The van der Waals surface area contributed by atoms with Crippen LogP contribution in [0.2, 0.25) is 0 Å². The summed E-state index contributed by atoms with van der Waals surface area (Å²) in [5, 5.41) is 11.2. The van der Waals surface area contributed by atoms with E-state index in [1.807, 2.05) is 0 Å². The van der Waals surface area contributed by atoms with Crippen molar-refractivity contribution in [1.82, 2.24) is 0 Å². The highest BCUT2D eigenvalue weighted by Gasteiger charge is 2.45. The quantitative estimate of drug-likeness (QED) is 0.705. The molecule has 0 aliphatic heterocycles. The molecule has 2 nitrogen and oxygen atoms in total. The van der Waals surface area contributed by atoms with E-state index in [0.717, 1.165) is 12.1 Å². The lowest BCUT2D eigenvalue weighted by atomic mass is 9.79. The number of ketones is 1. The molecule has 3 rings (SSSR count). The molecule has 0 saturated heterocycles. The molecule has 4 heteroatoms. The van der Waals surface area contributed by atoms with Crippen molar-refractivity contribution in [2.45, 2.75) is 11.8 Å². The summed E-state index contributed by atoms with van der Waals surface area (Å²) in [5.74, 6) is -1.35. The van der Waals surface area contributed by atoms with Gasteiger partial charge in [0.05, 0.1) is 0 Å². The zero-order valence-electron chi connectivity index (χ0n) is 13.3. The van der Waals surface area contributed by atoms with Crippen molar-refractivity contribution >= 4 is 5.78 Å². The van der Waals surface area contributed by atoms with Crippen LogP contribution in [0, 0.1) is 5.82 Å². The Bertz CT molecular complexity index is 848. The topological polar surface area (TPSA) is 37.3 Å². The molecule has 0 bridgehead atoms. The van der Waals surface area contributed by atoms with Crippen LogP contribution in [-0.2, 0) is 5.60 Å². The minimum absolute atomic E-state index is 0.108. The van der Waals surface area contributed by atoms with Crippen LogP contribution < -0.4 is 0 Å². The van der Waals surface area contributed by atoms with Gasteiger partial charge in [-0.25, -0.2) is 8.78 Å². The summed E-state index contributed by atoms with van der Waals surface area (Å²) in [4.78, 5) is 12.6. The molecule has 0 radical (unpaired) electrons. The van der Waals surface area contributed by atoms with Crippen molar-refractivity contribution in [3.05, 3.63) is 107 Å². The molecular weight excluding hydrogens is 322 g/mol. The summed E-state index contributed by atoms with van der Waals surface area (Å²) in [6.45, 7) is 0. The summed E-state index contributed by atoms with van der Waals surface area (Å²) in [7, 11) is 0. The summed E-state index contributed by atoms with van der Waals surface area (Å²) >= 11 is 0. The number of aliphatic hydroxyl groups is 1. The third-order valence-electron chi connectivity index (χ3n) is 4.15. The number of halogens is 2. The first-order valence-corrected chi connectivity index (χ1v) is 7.81. The fourth-order valence-electron chi connectivity index (χ4n) is 2.79. The van der Waals surface area contributed by atoms with E-state index in [0.29, 0.717) is 0 Å². The van der Waals surface area contributed by atoms with Gasteiger partial charge < -0.3 is 5.11 Å². The lowest BCUT2D eigenvalue weighted by Crippen LogP contribution is -2.43. The second kappa shape index (κ2) is 6.95. The average Bonchev–Trinajstić information content (AvgIpc) is 2.68. The highest BCUT2D eigenvalue weighted by Crippen LogP contribution is 2.36. The fourth-order valence-corrected chi connectivity index (χ4v) is 2.79. The first-order valence-electron chi connectivity index (χ1n) is 7.81. The van der Waals surface area contributed by atoms with Crippen molar-refractivity contribution in [3.8, 4) is 0 Å². The predicted octanol–water partition coefficient (Wildman–Crippen LogP) is 4.28. The van der Waals surface area contributed by atoms with Crippen LogP contribution in [0.15, 0.2) is 84.9 Å². The van der Waals surface area contributed by atoms with E-state index in [-0.39, 0.29) is 16.7 Å². The van der Waals surface area contributed by atoms with Gasteiger partial charge in [0.25, 0.3) is 0 Å². The van der Waals surface area contributed by atoms with Gasteiger partial charge in [-0.1, -0.05) is 72.8 Å². The van der Waals surface area contributed by atoms with Crippen molar-refractivity contribution in [2.75, 3.05) is 0 Å². The van der Waals surface area contributed by atoms with E-state index in [9.17, 15) is 14.3 Å². The third-order valence-corrected chi connectivity index (χ3v) is 4.15. The molecule has 0 heterocycles. The lowest BCUT2D eigenvalue weighted by Gasteiger charge is -2.32. The highest BCUT2D eigenvalue weighted by atomic mass is 19.1. The molecule has 0 spiro atoms. The second-order valence-corrected chi connectivity index (χ2v) is 5.73. The first-order chi connectivity index (χ1) is 12.0. The largest absolute Gasteiger partial charge is 0.377 e. The Morgan fingerprint density at radius 3 is 1.84 bits per heavy atom. The molecule has 2 atom stereocenters. The van der Waals surface area contributed by atoms with Crippen molar-refractivity contribution in [2.24, 2.45) is 0 Å². The summed E-state index contributed by atoms with van der Waals surface area (Å²) in [5.41, 5.74) is -1.73. The molecular formula is C21H16F2O2. The summed E-state index contributed by atoms with van der Waals surface area (Å²) in [6, 6.07) is 20.9. The van der Waals surface area contributed by atoms with Crippen LogP contribution in [0.3, 0.4) is 0 Å². The maximum Gasteiger partial charge on any atom is 0.200 e. The molecule has 1 N–H and O–H groups in total. The van der Waals surface area contributed by atoms with E-state index < -0.39 is 23.4 Å². The molecule has 0 aliphatic rings. The third kappa shape index (κ3) is 3.21. The number of hydrogen-bond donors (Lipinski definition) is 1. The number of carbonyl (C=O) groups is 1. The van der Waals surface area contributed by atoms with Crippen LogP contribution in [0.1, 0.15) is 21.5 Å². The van der Waals surface area contributed by atoms with E-state index in [4.69, 9.17) is 0 Å². The fraction of sp³-hybridized carbons (Fsp3) is 0.0952. The number of alkyl halides is 1. The number of carbonyl (C=O) groups excluding carboxylic acids is 1. The van der Waals surface area contributed by atoms with Gasteiger partial charge in [-0.15, -0.1) is 0 Å². The zero-order valence-corrected chi connectivity index (χ0v) is 13.3. The number of hydrogen-bond acceptors (Lipinski definition) is 2. The molecule has 0 aliphatic carbocycles. The Labute approximate surface area is 144 Å². The minimum Gasteiger partial charge on any atom is -0.377 e. The van der Waals surface area contributed by atoms with E-state index in [1.165, 1.54) is 36.4 Å². The molecule has 2 unspecified atom stereocenters. The number of Topliss-reactive ketones (excluding diaryl/α,β-unsaturated/α-hetero) is 1. The Balaban J connectivity index is 2.11. The number of benzene rings is 3. The molecule has 0 saturated carbocycles. The van der Waals surface area contributed by atoms with E-state index in [2.05, 4.69) is 0 Å². The van der Waals surface area contributed by atoms with Gasteiger partial charge in [0, 0.05) is 5.56 Å². The predicted molar refractivity (Wildman–Crippen MR) is 91.5 cm³/mol. The minimum atomic E-state index is -2.25. The van der Waals surface area contributed by atoms with Gasteiger partial charge in [0.2, 0.25) is 5.78 Å². The maximum atomic E-state index is 15.3. The SMILES string of the molecule is O=C(c1ccccc1)C(F)C(O)(c1ccccc1)c1ccc(F)cc1. The second-order valence-electron chi connectivity index (χ2n) is 5.73. The van der Waals surface area contributed by atoms with Crippen LogP contribution in [-0.4, -0.2) is 17.1 Å². The Hall–Kier alpha value is -2.85. The normalized spacial score (nSPS) is 14.5. The molecule has 3 aromatic carbocycles. The number of rotatable bonds is 5. The van der Waals surface area contributed by atoms with Crippen LogP contribution in [0.25, 0.3) is 0 Å². The molecule has 25 heavy (non-hydrogen) atoms. The van der Waals surface area contributed by atoms with Gasteiger partial charge in [-0.3, -0.25) is 4.79 Å². The monoisotopic (exact) mass is 338 g/mol. The summed E-state index contributed by atoms with van der Waals surface area (Å²) < 4.78 is 28.6. The Morgan fingerprint density at radius 2 is 1.28 bits per heavy atom. The zero-order chi connectivity index (χ0) is 17.9. The standard InChI is InChI=1S/C21H16F2O2/c22-18-13-11-17(12-14-18)21(25,16-9-5-2-6-10-16)20(23)19(24)15-7-3-1-4-8-15/h1-14,20,25H. The van der Waals surface area contributed by atoms with E-state index in [1.54, 1.807) is 36.4 Å². The van der Waals surface area contributed by atoms with Crippen molar-refractivity contribution < 1.29 is 18.7 Å². The lowest BCUT2D eigenvalue weighted by molar-refractivity contribution is 0.00249. The van der Waals surface area contributed by atoms with Gasteiger partial charge in [0.15, 0.2) is 11.8 Å². The maximum absolute atomic E-state index is 15.3. The Morgan fingerprint density at radius 1 is 0.800 bits per heavy atom. The van der Waals surface area contributed by atoms with Gasteiger partial charge in [0.1, 0.15) is 5.82 Å². The van der Waals surface area contributed by atoms with Gasteiger partial charge in [-0.2, -0.15) is 0 Å². The summed E-state index contributed by atoms with van der Waals surface area (Å²) in [6.07, 6.45) is -2.25. The Kier molecular flexibility index (Phi) is 4.72. The molecule has 0 amide bonds. The smallest absolute Gasteiger partial charge is 0.200 e. The molecule has 3 aromatic rings. The van der Waals surface area contributed by atoms with Gasteiger partial charge in [-0.05, 0) is 23.3 Å². The van der Waals surface area contributed by atoms with Crippen LogP contribution >= 0.6 is 0 Å². The molecule has 0 fully saturated rings. The highest BCUT2D eigenvalue weighted by molar-refractivity contribution is 6.00. The molecule has 126 valence electrons. The van der Waals surface area contributed by atoms with Crippen molar-refractivity contribution in [3.63, 3.8) is 0 Å². The average molecular weight is 338 g/mol. The first kappa shape index (κ1) is 17.0. The molecule has 0 aromatic heterocycles. The van der Waals surface area contributed by atoms with Crippen LogP contribution in [0.5, 0.6) is 0 Å². The van der Waals surface area contributed by atoms with Crippen LogP contribution in [0.4, 0.5) is 8.78 Å².